The zero-order valence-electron chi connectivity index (χ0n) is 6.72. The van der Waals surface area contributed by atoms with E-state index in [2.05, 4.69) is 0 Å². The van der Waals surface area contributed by atoms with E-state index >= 15 is 0 Å². The van der Waals surface area contributed by atoms with Crippen molar-refractivity contribution in [2.75, 3.05) is 6.26 Å². The molecule has 0 radical (unpaired) electrons. The highest BCUT2D eigenvalue weighted by atomic mass is 32.2. The van der Waals surface area contributed by atoms with E-state index < -0.39 is 0 Å². The van der Waals surface area contributed by atoms with Gasteiger partial charge in [-0.05, 0) is 13.2 Å². The predicted molar refractivity (Wildman–Crippen MR) is 51.5 cm³/mol. The van der Waals surface area contributed by atoms with Gasteiger partial charge >= 0.3 is 0 Å². The molecule has 0 fully saturated rings. The fraction of sp³-hybridized carbons (Fsp3) is 0.222. The normalized spacial score (nSPS) is 9.64. The molecular formula is C9H11NS. The first-order valence-corrected chi connectivity index (χ1v) is 4.66. The summed E-state index contributed by atoms with van der Waals surface area (Å²) in [4.78, 5) is 0. The monoisotopic (exact) mass is 165 g/mol. The van der Waals surface area contributed by atoms with Crippen LogP contribution < -0.4 is 0 Å². The number of hydrogen-bond acceptors (Lipinski definition) is 2. The summed E-state index contributed by atoms with van der Waals surface area (Å²) in [6, 6.07) is 8.02. The fourth-order valence-corrected chi connectivity index (χ4v) is 1.19. The lowest BCUT2D eigenvalue weighted by molar-refractivity contribution is 1.45. The van der Waals surface area contributed by atoms with Gasteiger partial charge in [-0.1, -0.05) is 29.8 Å². The van der Waals surface area contributed by atoms with E-state index in [4.69, 9.17) is 5.41 Å². The molecule has 1 rings (SSSR count). The zero-order chi connectivity index (χ0) is 8.27. The smallest absolute Gasteiger partial charge is 0.0939 e. The first kappa shape index (κ1) is 8.34. The number of thioether (sulfide) groups is 1. The maximum absolute atomic E-state index is 7.51. The predicted octanol–water partition coefficient (Wildman–Crippen LogP) is 2.68. The summed E-state index contributed by atoms with van der Waals surface area (Å²) >= 11 is 1.47. The topological polar surface area (TPSA) is 23.9 Å². The van der Waals surface area contributed by atoms with Crippen molar-refractivity contribution in [2.24, 2.45) is 0 Å². The average Bonchev–Trinajstić information content (AvgIpc) is 2.05. The van der Waals surface area contributed by atoms with Gasteiger partial charge in [0.1, 0.15) is 0 Å². The second-order valence-electron chi connectivity index (χ2n) is 2.40. The third kappa shape index (κ3) is 2.09. The van der Waals surface area contributed by atoms with Crippen LogP contribution in [0.25, 0.3) is 0 Å². The molecule has 0 amide bonds. The molecule has 58 valence electrons. The Hall–Kier alpha value is -0.760. The van der Waals surface area contributed by atoms with Gasteiger partial charge < -0.3 is 0 Å². The van der Waals surface area contributed by atoms with Gasteiger partial charge in [-0.3, -0.25) is 5.41 Å². The van der Waals surface area contributed by atoms with Gasteiger partial charge in [-0.25, -0.2) is 0 Å². The van der Waals surface area contributed by atoms with Crippen LogP contribution in [0.2, 0.25) is 0 Å². The molecule has 0 aliphatic heterocycles. The average molecular weight is 165 g/mol. The van der Waals surface area contributed by atoms with Crippen molar-refractivity contribution in [1.29, 1.82) is 5.41 Å². The first-order chi connectivity index (χ1) is 5.24. The molecule has 0 bridgehead atoms. The van der Waals surface area contributed by atoms with Gasteiger partial charge in [0.2, 0.25) is 0 Å². The standard InChI is InChI=1S/C9H11NS/c1-7-3-5-8(6-4-7)9(10)11-2/h3-6,10H,1-2H3. The van der Waals surface area contributed by atoms with E-state index in [0.29, 0.717) is 5.04 Å². The lowest BCUT2D eigenvalue weighted by Gasteiger charge is -1.99. The lowest BCUT2D eigenvalue weighted by Crippen LogP contribution is -1.90. The SMILES string of the molecule is CSC(=N)c1ccc(C)cc1. The summed E-state index contributed by atoms with van der Waals surface area (Å²) in [5.74, 6) is 0. The van der Waals surface area contributed by atoms with E-state index in [0.717, 1.165) is 5.56 Å². The minimum atomic E-state index is 0.630. The third-order valence-electron chi connectivity index (χ3n) is 1.52. The maximum atomic E-state index is 7.51. The fourth-order valence-electron chi connectivity index (χ4n) is 0.823. The first-order valence-electron chi connectivity index (χ1n) is 3.43. The van der Waals surface area contributed by atoms with Crippen molar-refractivity contribution in [1.82, 2.24) is 0 Å². The Bertz CT molecular complexity index is 251. The molecule has 0 aliphatic carbocycles. The van der Waals surface area contributed by atoms with Crippen molar-refractivity contribution in [3.05, 3.63) is 35.4 Å². The van der Waals surface area contributed by atoms with Crippen molar-refractivity contribution < 1.29 is 0 Å². The van der Waals surface area contributed by atoms with Crippen LogP contribution in [-0.4, -0.2) is 11.3 Å². The lowest BCUT2D eigenvalue weighted by atomic mass is 10.2. The number of benzene rings is 1. The van der Waals surface area contributed by atoms with Crippen LogP contribution in [0.3, 0.4) is 0 Å². The maximum Gasteiger partial charge on any atom is 0.0939 e. The van der Waals surface area contributed by atoms with E-state index in [1.807, 2.05) is 37.4 Å². The van der Waals surface area contributed by atoms with Gasteiger partial charge in [0.15, 0.2) is 0 Å². The molecule has 1 aromatic carbocycles. The summed E-state index contributed by atoms with van der Waals surface area (Å²) in [6.07, 6.45) is 1.92. The Balaban J connectivity index is 2.90. The summed E-state index contributed by atoms with van der Waals surface area (Å²) in [6.45, 7) is 2.05. The molecule has 0 heterocycles. The highest BCUT2D eigenvalue weighted by Crippen LogP contribution is 2.09. The van der Waals surface area contributed by atoms with Gasteiger partial charge in [-0.2, -0.15) is 0 Å². The van der Waals surface area contributed by atoms with Crippen molar-refractivity contribution in [3.63, 3.8) is 0 Å². The summed E-state index contributed by atoms with van der Waals surface area (Å²) in [5, 5.41) is 8.14. The second-order valence-corrected chi connectivity index (χ2v) is 3.22. The quantitative estimate of drug-likeness (QED) is 0.502. The highest BCUT2D eigenvalue weighted by molar-refractivity contribution is 8.13. The van der Waals surface area contributed by atoms with Crippen molar-refractivity contribution >= 4 is 16.8 Å². The largest absolute Gasteiger partial charge is 0.293 e. The van der Waals surface area contributed by atoms with Gasteiger partial charge in [0.25, 0.3) is 0 Å². The summed E-state index contributed by atoms with van der Waals surface area (Å²) < 4.78 is 0. The van der Waals surface area contributed by atoms with Gasteiger partial charge in [0, 0.05) is 5.56 Å². The minimum absolute atomic E-state index is 0.630. The number of nitrogens with one attached hydrogen (secondary N) is 1. The number of rotatable bonds is 1. The molecular weight excluding hydrogens is 154 g/mol. The molecule has 0 saturated heterocycles. The summed E-state index contributed by atoms with van der Waals surface area (Å²) in [7, 11) is 0. The minimum Gasteiger partial charge on any atom is -0.293 e. The Morgan fingerprint density at radius 2 is 1.82 bits per heavy atom. The van der Waals surface area contributed by atoms with Crippen LogP contribution in [0.4, 0.5) is 0 Å². The molecule has 0 unspecified atom stereocenters. The van der Waals surface area contributed by atoms with E-state index in [9.17, 15) is 0 Å². The van der Waals surface area contributed by atoms with Crippen molar-refractivity contribution in [3.8, 4) is 0 Å². The molecule has 1 aromatic rings. The third-order valence-corrected chi connectivity index (χ3v) is 2.16. The van der Waals surface area contributed by atoms with E-state index in [-0.39, 0.29) is 0 Å². The van der Waals surface area contributed by atoms with Crippen molar-refractivity contribution in [2.45, 2.75) is 6.92 Å². The molecule has 0 spiro atoms. The number of hydrogen-bond donors (Lipinski definition) is 1. The zero-order valence-corrected chi connectivity index (χ0v) is 7.53. The Kier molecular flexibility index (Phi) is 2.71. The van der Waals surface area contributed by atoms with Gasteiger partial charge in [-0.15, -0.1) is 11.8 Å². The van der Waals surface area contributed by atoms with E-state index in [1.165, 1.54) is 17.3 Å². The van der Waals surface area contributed by atoms with Crippen LogP contribution in [0, 0.1) is 12.3 Å². The highest BCUT2D eigenvalue weighted by Gasteiger charge is 1.96. The summed E-state index contributed by atoms with van der Waals surface area (Å²) in [5.41, 5.74) is 2.24. The number of aryl methyl sites for hydroxylation is 1. The molecule has 0 atom stereocenters. The van der Waals surface area contributed by atoms with Crippen LogP contribution in [0.15, 0.2) is 24.3 Å². The van der Waals surface area contributed by atoms with Gasteiger partial charge in [0.05, 0.1) is 5.04 Å². The molecule has 11 heavy (non-hydrogen) atoms. The molecule has 0 saturated carbocycles. The van der Waals surface area contributed by atoms with Crippen LogP contribution in [0.1, 0.15) is 11.1 Å². The Morgan fingerprint density at radius 3 is 2.27 bits per heavy atom. The molecule has 2 heteroatoms. The van der Waals surface area contributed by atoms with Crippen LogP contribution in [-0.2, 0) is 0 Å². The molecule has 0 aliphatic rings. The Morgan fingerprint density at radius 1 is 1.27 bits per heavy atom. The molecule has 1 N–H and O–H groups in total. The van der Waals surface area contributed by atoms with E-state index in [1.54, 1.807) is 0 Å². The Labute approximate surface area is 71.3 Å². The molecule has 1 nitrogen and oxygen atoms in total. The van der Waals surface area contributed by atoms with Crippen LogP contribution in [0.5, 0.6) is 0 Å². The van der Waals surface area contributed by atoms with Crippen LogP contribution >= 0.6 is 11.8 Å². The second kappa shape index (κ2) is 3.58. The molecule has 0 aromatic heterocycles.